The van der Waals surface area contributed by atoms with E-state index in [1.165, 1.54) is 0 Å². The van der Waals surface area contributed by atoms with Crippen molar-refractivity contribution < 1.29 is 4.79 Å². The molecule has 1 aromatic heterocycles. The summed E-state index contributed by atoms with van der Waals surface area (Å²) in [7, 11) is 1.57. The van der Waals surface area contributed by atoms with E-state index in [1.54, 1.807) is 25.4 Å². The Balaban J connectivity index is 2.19. The molecule has 0 aliphatic heterocycles. The van der Waals surface area contributed by atoms with Crippen LogP contribution in [0.25, 0.3) is 0 Å². The molecule has 0 saturated heterocycles. The van der Waals surface area contributed by atoms with Crippen LogP contribution in [0.15, 0.2) is 42.6 Å². The third-order valence-electron chi connectivity index (χ3n) is 2.42. The fourth-order valence-electron chi connectivity index (χ4n) is 1.49. The molecule has 0 radical (unpaired) electrons. The number of rotatable bonds is 3. The molecule has 0 bridgehead atoms. The molecular formula is C13H14N4O. The maximum absolute atomic E-state index is 11.4. The second-order valence-electron chi connectivity index (χ2n) is 3.76. The molecule has 1 aromatic carbocycles. The van der Waals surface area contributed by atoms with Crippen molar-refractivity contribution in [3.63, 3.8) is 0 Å². The number of carbonyl (C=O) groups is 1. The normalized spacial score (nSPS) is 9.83. The third-order valence-corrected chi connectivity index (χ3v) is 2.42. The molecule has 5 nitrogen and oxygen atoms in total. The Morgan fingerprint density at radius 2 is 1.89 bits per heavy atom. The predicted molar refractivity (Wildman–Crippen MR) is 71.8 cm³/mol. The van der Waals surface area contributed by atoms with Crippen LogP contribution < -0.4 is 16.4 Å². The largest absolute Gasteiger partial charge is 0.399 e. The lowest BCUT2D eigenvalue weighted by atomic mass is 10.2. The maximum Gasteiger partial charge on any atom is 0.269 e. The zero-order chi connectivity index (χ0) is 13.0. The monoisotopic (exact) mass is 242 g/mol. The van der Waals surface area contributed by atoms with Crippen molar-refractivity contribution in [2.75, 3.05) is 18.1 Å². The van der Waals surface area contributed by atoms with Gasteiger partial charge in [-0.15, -0.1) is 0 Å². The maximum atomic E-state index is 11.4. The van der Waals surface area contributed by atoms with Crippen LogP contribution in [-0.4, -0.2) is 17.9 Å². The van der Waals surface area contributed by atoms with Gasteiger partial charge in [0, 0.05) is 30.3 Å². The zero-order valence-electron chi connectivity index (χ0n) is 9.97. The standard InChI is InChI=1S/C13H14N4O/c1-15-13(18)12-8-11(6-7-16-12)17-10-4-2-9(14)3-5-10/h2-8H,14H2,1H3,(H,15,18)(H,16,17). The van der Waals surface area contributed by atoms with Gasteiger partial charge in [-0.2, -0.15) is 0 Å². The molecule has 1 heterocycles. The Labute approximate surface area is 105 Å². The number of hydrogen-bond donors (Lipinski definition) is 3. The van der Waals surface area contributed by atoms with E-state index in [-0.39, 0.29) is 5.91 Å². The van der Waals surface area contributed by atoms with Crippen molar-refractivity contribution >= 4 is 23.0 Å². The van der Waals surface area contributed by atoms with E-state index in [4.69, 9.17) is 5.73 Å². The average molecular weight is 242 g/mol. The van der Waals surface area contributed by atoms with Crippen molar-refractivity contribution in [3.05, 3.63) is 48.3 Å². The molecule has 0 fully saturated rings. The minimum atomic E-state index is -0.212. The summed E-state index contributed by atoms with van der Waals surface area (Å²) in [5, 5.41) is 5.71. The Morgan fingerprint density at radius 3 is 2.56 bits per heavy atom. The number of nitrogens with one attached hydrogen (secondary N) is 2. The summed E-state index contributed by atoms with van der Waals surface area (Å²) < 4.78 is 0. The van der Waals surface area contributed by atoms with Gasteiger partial charge in [0.2, 0.25) is 0 Å². The summed E-state index contributed by atoms with van der Waals surface area (Å²) in [5.74, 6) is -0.212. The van der Waals surface area contributed by atoms with Gasteiger partial charge in [-0.05, 0) is 36.4 Å². The van der Waals surface area contributed by atoms with Gasteiger partial charge in [-0.3, -0.25) is 9.78 Å². The number of carbonyl (C=O) groups excluding carboxylic acids is 1. The number of nitrogen functional groups attached to an aromatic ring is 1. The van der Waals surface area contributed by atoms with E-state index in [0.717, 1.165) is 11.4 Å². The highest BCUT2D eigenvalue weighted by Gasteiger charge is 2.05. The van der Waals surface area contributed by atoms with Crippen LogP contribution in [0.1, 0.15) is 10.5 Å². The molecule has 0 spiro atoms. The van der Waals surface area contributed by atoms with E-state index in [1.807, 2.05) is 24.3 Å². The van der Waals surface area contributed by atoms with E-state index < -0.39 is 0 Å². The first-order valence-electron chi connectivity index (χ1n) is 5.50. The molecule has 2 aromatic rings. The highest BCUT2D eigenvalue weighted by atomic mass is 16.1. The first-order chi connectivity index (χ1) is 8.69. The molecular weight excluding hydrogens is 228 g/mol. The molecule has 0 saturated carbocycles. The molecule has 92 valence electrons. The Hall–Kier alpha value is -2.56. The highest BCUT2D eigenvalue weighted by molar-refractivity contribution is 5.93. The number of hydrogen-bond acceptors (Lipinski definition) is 4. The van der Waals surface area contributed by atoms with Crippen molar-refractivity contribution in [2.24, 2.45) is 0 Å². The molecule has 0 unspecified atom stereocenters. The summed E-state index contributed by atoms with van der Waals surface area (Å²) in [6.07, 6.45) is 1.59. The van der Waals surface area contributed by atoms with Gasteiger partial charge in [-0.1, -0.05) is 0 Å². The van der Waals surface area contributed by atoms with Gasteiger partial charge in [0.1, 0.15) is 5.69 Å². The van der Waals surface area contributed by atoms with E-state index in [0.29, 0.717) is 11.4 Å². The second kappa shape index (κ2) is 5.18. The van der Waals surface area contributed by atoms with Gasteiger partial charge in [0.05, 0.1) is 0 Å². The van der Waals surface area contributed by atoms with Crippen molar-refractivity contribution in [1.82, 2.24) is 10.3 Å². The average Bonchev–Trinajstić information content (AvgIpc) is 2.41. The molecule has 1 amide bonds. The number of pyridine rings is 1. The Kier molecular flexibility index (Phi) is 3.43. The van der Waals surface area contributed by atoms with E-state index >= 15 is 0 Å². The molecule has 18 heavy (non-hydrogen) atoms. The smallest absolute Gasteiger partial charge is 0.269 e. The van der Waals surface area contributed by atoms with Gasteiger partial charge < -0.3 is 16.4 Å². The van der Waals surface area contributed by atoms with E-state index in [9.17, 15) is 4.79 Å². The third kappa shape index (κ3) is 2.76. The summed E-state index contributed by atoms with van der Waals surface area (Å²) in [6.45, 7) is 0. The SMILES string of the molecule is CNC(=O)c1cc(Nc2ccc(N)cc2)ccn1. The highest BCUT2D eigenvalue weighted by Crippen LogP contribution is 2.17. The van der Waals surface area contributed by atoms with Crippen LogP contribution >= 0.6 is 0 Å². The van der Waals surface area contributed by atoms with Gasteiger partial charge in [0.15, 0.2) is 0 Å². The summed E-state index contributed by atoms with van der Waals surface area (Å²) in [4.78, 5) is 15.4. The lowest BCUT2D eigenvalue weighted by Gasteiger charge is -2.07. The van der Waals surface area contributed by atoms with Crippen LogP contribution in [0, 0.1) is 0 Å². The Bertz CT molecular complexity index is 551. The number of amides is 1. The van der Waals surface area contributed by atoms with Crippen LogP contribution in [0.4, 0.5) is 17.1 Å². The predicted octanol–water partition coefficient (Wildman–Crippen LogP) is 1.77. The van der Waals surface area contributed by atoms with Crippen LogP contribution in [-0.2, 0) is 0 Å². The van der Waals surface area contributed by atoms with Crippen molar-refractivity contribution in [3.8, 4) is 0 Å². The fraction of sp³-hybridized carbons (Fsp3) is 0.0769. The molecule has 4 N–H and O–H groups in total. The van der Waals surface area contributed by atoms with Crippen LogP contribution in [0.2, 0.25) is 0 Å². The molecule has 2 rings (SSSR count). The first kappa shape index (κ1) is 11.9. The lowest BCUT2D eigenvalue weighted by Crippen LogP contribution is -2.19. The second-order valence-corrected chi connectivity index (χ2v) is 3.76. The summed E-state index contributed by atoms with van der Waals surface area (Å²) >= 11 is 0. The van der Waals surface area contributed by atoms with Crippen LogP contribution in [0.3, 0.4) is 0 Å². The van der Waals surface area contributed by atoms with Crippen LogP contribution in [0.5, 0.6) is 0 Å². The van der Waals surface area contributed by atoms with Crippen molar-refractivity contribution in [1.29, 1.82) is 0 Å². The molecule has 0 aliphatic rings. The number of benzene rings is 1. The first-order valence-corrected chi connectivity index (χ1v) is 5.50. The van der Waals surface area contributed by atoms with E-state index in [2.05, 4.69) is 15.6 Å². The summed E-state index contributed by atoms with van der Waals surface area (Å²) in [5.41, 5.74) is 8.39. The lowest BCUT2D eigenvalue weighted by molar-refractivity contribution is 0.0958. The van der Waals surface area contributed by atoms with Gasteiger partial charge >= 0.3 is 0 Å². The molecule has 0 aliphatic carbocycles. The number of nitrogens with two attached hydrogens (primary N) is 1. The molecule has 5 heteroatoms. The quantitative estimate of drug-likeness (QED) is 0.716. The number of nitrogens with zero attached hydrogens (tertiary/aromatic N) is 1. The topological polar surface area (TPSA) is 80.0 Å². The van der Waals surface area contributed by atoms with Crippen molar-refractivity contribution in [2.45, 2.75) is 0 Å². The molecule has 0 atom stereocenters. The van der Waals surface area contributed by atoms with Gasteiger partial charge in [0.25, 0.3) is 5.91 Å². The fourth-order valence-corrected chi connectivity index (χ4v) is 1.49. The number of aromatic nitrogens is 1. The minimum Gasteiger partial charge on any atom is -0.399 e. The number of anilines is 3. The summed E-state index contributed by atoms with van der Waals surface area (Å²) in [6, 6.07) is 10.8. The minimum absolute atomic E-state index is 0.212. The van der Waals surface area contributed by atoms with Gasteiger partial charge in [-0.25, -0.2) is 0 Å². The zero-order valence-corrected chi connectivity index (χ0v) is 9.97. The Morgan fingerprint density at radius 1 is 1.17 bits per heavy atom.